The van der Waals surface area contributed by atoms with Crippen molar-refractivity contribution in [1.29, 1.82) is 0 Å². The number of hydrogen-bond acceptors (Lipinski definition) is 3. The Balaban J connectivity index is 5.20. The topological polar surface area (TPSA) is 63.2 Å². The monoisotopic (exact) mass is 239 g/mol. The Morgan fingerprint density at radius 2 is 1.94 bits per heavy atom. The van der Waals surface area contributed by atoms with Crippen LogP contribution in [-0.2, 0) is 14.8 Å². The molecule has 0 aromatic carbocycles. The zero-order valence-electron chi connectivity index (χ0n) is 9.25. The summed E-state index contributed by atoms with van der Waals surface area (Å²) in [6.45, 7) is 6.41. The van der Waals surface area contributed by atoms with Gasteiger partial charge in [-0.3, -0.25) is 4.79 Å². The van der Waals surface area contributed by atoms with E-state index in [9.17, 15) is 13.2 Å². The van der Waals surface area contributed by atoms with E-state index in [1.165, 1.54) is 6.92 Å². The maximum atomic E-state index is 11.4. The summed E-state index contributed by atoms with van der Waals surface area (Å²) in [5.41, 5.74) is 9.76. The van der Waals surface area contributed by atoms with Crippen molar-refractivity contribution in [2.75, 3.05) is 5.75 Å². The third-order valence-corrected chi connectivity index (χ3v) is 2.88. The summed E-state index contributed by atoms with van der Waals surface area (Å²) in [7, 11) is -3.54. The Labute approximate surface area is 95.4 Å². The van der Waals surface area contributed by atoms with Gasteiger partial charge >= 0.3 is 0 Å². The molecule has 4 nitrogen and oxygen atoms in total. The number of amides is 1. The zero-order chi connectivity index (χ0) is 12.6. The second-order valence-electron chi connectivity index (χ2n) is 2.72. The van der Waals surface area contributed by atoms with Crippen LogP contribution in [0.3, 0.4) is 0 Å². The molecular formula is C11H13NO3S. The van der Waals surface area contributed by atoms with Crippen molar-refractivity contribution >= 4 is 15.9 Å². The van der Waals surface area contributed by atoms with Gasteiger partial charge in [0.2, 0.25) is 10.0 Å². The lowest BCUT2D eigenvalue weighted by Gasteiger charge is -2.03. The highest BCUT2D eigenvalue weighted by atomic mass is 32.2. The number of sulfonamides is 1. The van der Waals surface area contributed by atoms with Gasteiger partial charge in [-0.2, -0.15) is 0 Å². The van der Waals surface area contributed by atoms with E-state index in [2.05, 4.69) is 29.5 Å². The normalized spacial score (nSPS) is 9.12. The Hall–Kier alpha value is -1.72. The van der Waals surface area contributed by atoms with Crippen LogP contribution in [0.15, 0.2) is 35.1 Å². The van der Waals surface area contributed by atoms with Gasteiger partial charge in [0.05, 0.1) is 11.3 Å². The van der Waals surface area contributed by atoms with Crippen molar-refractivity contribution in [3.05, 3.63) is 35.1 Å². The van der Waals surface area contributed by atoms with Crippen LogP contribution < -0.4 is 4.72 Å². The van der Waals surface area contributed by atoms with Gasteiger partial charge < -0.3 is 0 Å². The van der Waals surface area contributed by atoms with Gasteiger partial charge in [0, 0.05) is 0 Å². The Morgan fingerprint density at radius 1 is 1.31 bits per heavy atom. The molecule has 0 aliphatic carbocycles. The molecule has 0 aromatic rings. The molecule has 1 amide bonds. The summed E-state index contributed by atoms with van der Waals surface area (Å²) in [5, 5.41) is 0. The maximum absolute atomic E-state index is 11.4. The number of nitrogens with one attached hydrogen (secondary N) is 1. The van der Waals surface area contributed by atoms with Gasteiger partial charge in [0.25, 0.3) is 5.91 Å². The average molecular weight is 239 g/mol. The molecule has 0 aliphatic rings. The number of hydrogen-bond donors (Lipinski definition) is 1. The van der Waals surface area contributed by atoms with E-state index in [4.69, 9.17) is 0 Å². The van der Waals surface area contributed by atoms with Gasteiger partial charge in [-0.1, -0.05) is 18.4 Å². The molecule has 0 atom stereocenters. The number of rotatable bonds is 4. The fourth-order valence-corrected chi connectivity index (χ4v) is 1.28. The quantitative estimate of drug-likeness (QED) is 0.589. The molecule has 0 unspecified atom stereocenters. The highest BCUT2D eigenvalue weighted by Crippen LogP contribution is 1.99. The fourth-order valence-electron chi connectivity index (χ4n) is 0.732. The second-order valence-corrected chi connectivity index (χ2v) is 4.73. The minimum atomic E-state index is -3.54. The smallest absolute Gasteiger partial charge is 0.268 e. The Bertz CT molecular complexity index is 520. The first-order valence-corrected chi connectivity index (χ1v) is 6.30. The first-order chi connectivity index (χ1) is 7.46. The molecule has 86 valence electrons. The van der Waals surface area contributed by atoms with Crippen LogP contribution in [0.4, 0.5) is 0 Å². The first kappa shape index (κ1) is 14.3. The molecular weight excluding hydrogens is 226 g/mol. The van der Waals surface area contributed by atoms with E-state index in [0.717, 1.165) is 0 Å². The van der Waals surface area contributed by atoms with Crippen LogP contribution in [0.1, 0.15) is 20.3 Å². The van der Waals surface area contributed by atoms with Crippen molar-refractivity contribution < 1.29 is 13.2 Å². The predicted molar refractivity (Wildman–Crippen MR) is 61.1 cm³/mol. The van der Waals surface area contributed by atoms with E-state index in [1.54, 1.807) is 6.92 Å². The molecule has 0 aliphatic heterocycles. The molecule has 0 bridgehead atoms. The maximum Gasteiger partial charge on any atom is 0.269 e. The summed E-state index contributed by atoms with van der Waals surface area (Å²) in [5.74, 6) is -0.843. The highest BCUT2D eigenvalue weighted by molar-refractivity contribution is 7.90. The van der Waals surface area contributed by atoms with Crippen LogP contribution in [0.25, 0.3) is 0 Å². The van der Waals surface area contributed by atoms with E-state index >= 15 is 0 Å². The Morgan fingerprint density at radius 3 is 2.38 bits per heavy atom. The third kappa shape index (κ3) is 5.23. The van der Waals surface area contributed by atoms with Crippen molar-refractivity contribution in [3.8, 4) is 0 Å². The van der Waals surface area contributed by atoms with Crippen LogP contribution in [0, 0.1) is 0 Å². The van der Waals surface area contributed by atoms with Crippen LogP contribution >= 0.6 is 0 Å². The van der Waals surface area contributed by atoms with Crippen molar-refractivity contribution in [3.63, 3.8) is 0 Å². The van der Waals surface area contributed by atoms with Gasteiger partial charge in [-0.25, -0.2) is 13.1 Å². The van der Waals surface area contributed by atoms with Gasteiger partial charge in [-0.05, 0) is 31.4 Å². The van der Waals surface area contributed by atoms with E-state index in [1.807, 2.05) is 4.72 Å². The van der Waals surface area contributed by atoms with E-state index in [-0.39, 0.29) is 11.3 Å². The van der Waals surface area contributed by atoms with Crippen molar-refractivity contribution in [2.24, 2.45) is 0 Å². The van der Waals surface area contributed by atoms with Crippen LogP contribution in [0.5, 0.6) is 0 Å². The molecule has 0 spiro atoms. The molecule has 0 aromatic heterocycles. The van der Waals surface area contributed by atoms with Crippen molar-refractivity contribution in [2.45, 2.75) is 20.3 Å². The van der Waals surface area contributed by atoms with Crippen LogP contribution in [0.2, 0.25) is 0 Å². The summed E-state index contributed by atoms with van der Waals surface area (Å²) >= 11 is 0. The third-order valence-electron chi connectivity index (χ3n) is 1.62. The molecule has 5 heteroatoms. The van der Waals surface area contributed by atoms with E-state index < -0.39 is 15.9 Å². The summed E-state index contributed by atoms with van der Waals surface area (Å²) < 4.78 is 24.2. The lowest BCUT2D eigenvalue weighted by atomic mass is 10.2. The molecule has 0 heterocycles. The van der Waals surface area contributed by atoms with Gasteiger partial charge in [0.1, 0.15) is 0 Å². The summed E-state index contributed by atoms with van der Waals surface area (Å²) in [6, 6.07) is 0. The molecule has 0 radical (unpaired) electrons. The summed E-state index contributed by atoms with van der Waals surface area (Å²) in [6.07, 6.45) is 0.344. The highest BCUT2D eigenvalue weighted by Gasteiger charge is 2.14. The molecule has 1 N–H and O–H groups in total. The SMILES string of the molecule is C=C=C=C=C=C(CC)C(=O)NS(=O)(=O)CC. The first-order valence-electron chi connectivity index (χ1n) is 4.65. The molecule has 0 rings (SSSR count). The summed E-state index contributed by atoms with van der Waals surface area (Å²) in [4.78, 5) is 11.4. The standard InChI is InChI=1S/C11H13NO3S/c1-4-7-8-9-10(5-2)11(13)12-16(14,15)6-3/h1,5-6H2,2-3H3,(H,12,13). The lowest BCUT2D eigenvalue weighted by molar-refractivity contribution is -0.115. The number of carbonyl (C=O) groups excluding carboxylic acids is 1. The van der Waals surface area contributed by atoms with Crippen molar-refractivity contribution in [1.82, 2.24) is 4.72 Å². The van der Waals surface area contributed by atoms with Gasteiger partial charge in [0.15, 0.2) is 0 Å². The largest absolute Gasteiger partial charge is 0.269 e. The predicted octanol–water partition coefficient (Wildman–Crippen LogP) is 1.04. The van der Waals surface area contributed by atoms with Crippen LogP contribution in [-0.4, -0.2) is 20.1 Å². The molecule has 0 fully saturated rings. The fraction of sp³-hybridized carbons (Fsp3) is 0.364. The lowest BCUT2D eigenvalue weighted by Crippen LogP contribution is -2.32. The number of carbonyl (C=O) groups is 1. The molecule has 0 saturated carbocycles. The second kappa shape index (κ2) is 6.71. The Kier molecular flexibility index (Phi) is 5.99. The van der Waals surface area contributed by atoms with Gasteiger partial charge in [-0.15, -0.1) is 0 Å². The average Bonchev–Trinajstić information content (AvgIpc) is 2.23. The van der Waals surface area contributed by atoms with E-state index in [0.29, 0.717) is 6.42 Å². The zero-order valence-corrected chi connectivity index (χ0v) is 10.1. The molecule has 0 saturated heterocycles. The minimum Gasteiger partial charge on any atom is -0.268 e. The molecule has 16 heavy (non-hydrogen) atoms. The minimum absolute atomic E-state index is 0.151.